The molecule has 0 fully saturated rings. The molecule has 116 valence electrons. The first-order chi connectivity index (χ1) is 9.47. The quantitative estimate of drug-likeness (QED) is 0.415. The van der Waals surface area contributed by atoms with Crippen molar-refractivity contribution < 1.29 is 19.5 Å². The molecule has 5 N–H and O–H groups in total. The van der Waals surface area contributed by atoms with Gasteiger partial charge in [0.1, 0.15) is 6.04 Å². The van der Waals surface area contributed by atoms with Gasteiger partial charge in [-0.15, -0.1) is 0 Å². The Labute approximate surface area is 123 Å². The van der Waals surface area contributed by atoms with E-state index in [4.69, 9.17) is 10.8 Å². The van der Waals surface area contributed by atoms with E-state index >= 15 is 0 Å². The molecule has 0 rings (SSSR count). The number of hydrogen-bond acceptors (Lipinski definition) is 4. The maximum Gasteiger partial charge on any atom is 0.326 e. The zero-order chi connectivity index (χ0) is 15.4. The molecule has 0 aliphatic carbocycles. The molecule has 0 saturated carbocycles. The lowest BCUT2D eigenvalue weighted by atomic mass is 10.2. The van der Waals surface area contributed by atoms with E-state index in [1.54, 1.807) is 0 Å². The Hall–Kier alpha value is -1.44. The number of carbonyl (C=O) groups is 3. The van der Waals surface area contributed by atoms with Crippen molar-refractivity contribution in [1.29, 1.82) is 0 Å². The van der Waals surface area contributed by atoms with Gasteiger partial charge in [0.25, 0.3) is 0 Å². The van der Waals surface area contributed by atoms with Crippen molar-refractivity contribution in [3.8, 4) is 0 Å². The highest BCUT2D eigenvalue weighted by Gasteiger charge is 2.21. The molecule has 0 aromatic heterocycles. The number of unbranched alkanes of at least 4 members (excludes halogenated alkanes) is 3. The highest BCUT2D eigenvalue weighted by Crippen LogP contribution is 2.03. The first-order valence-electron chi connectivity index (χ1n) is 6.51. The van der Waals surface area contributed by atoms with E-state index in [1.165, 1.54) is 0 Å². The van der Waals surface area contributed by atoms with E-state index in [2.05, 4.69) is 16.9 Å². The number of urea groups is 1. The van der Waals surface area contributed by atoms with Crippen LogP contribution in [0.1, 0.15) is 32.1 Å². The van der Waals surface area contributed by atoms with Crippen molar-refractivity contribution >= 4 is 29.7 Å². The van der Waals surface area contributed by atoms with E-state index in [0.29, 0.717) is 6.54 Å². The fourth-order valence-electron chi connectivity index (χ4n) is 1.54. The van der Waals surface area contributed by atoms with E-state index in [-0.39, 0.29) is 0 Å². The SMILES string of the molecule is CSCCCCCCNC(=O)NC(CC(N)=O)C(=O)O. The number of nitrogens with one attached hydrogen (secondary N) is 2. The predicted molar refractivity (Wildman–Crippen MR) is 78.6 cm³/mol. The molecule has 7 nitrogen and oxygen atoms in total. The molecule has 0 spiro atoms. The van der Waals surface area contributed by atoms with Crippen molar-refractivity contribution in [3.05, 3.63) is 0 Å². The van der Waals surface area contributed by atoms with Gasteiger partial charge in [-0.3, -0.25) is 4.79 Å². The Morgan fingerprint density at radius 2 is 1.85 bits per heavy atom. The molecule has 8 heteroatoms. The Morgan fingerprint density at radius 1 is 1.20 bits per heavy atom. The standard InChI is InChI=1S/C12H23N3O4S/c1-20-7-5-3-2-4-6-14-12(19)15-9(11(17)18)8-10(13)16/h9H,2-8H2,1H3,(H2,13,16)(H,17,18)(H2,14,15,19). The molecular formula is C12H23N3O4S. The Kier molecular flexibility index (Phi) is 10.6. The average molecular weight is 305 g/mol. The lowest BCUT2D eigenvalue weighted by molar-refractivity contribution is -0.140. The maximum absolute atomic E-state index is 11.4. The number of carboxylic acids is 1. The minimum Gasteiger partial charge on any atom is -0.480 e. The van der Waals surface area contributed by atoms with Crippen LogP contribution in [0, 0.1) is 0 Å². The highest BCUT2D eigenvalue weighted by molar-refractivity contribution is 7.98. The minimum atomic E-state index is -1.28. The highest BCUT2D eigenvalue weighted by atomic mass is 32.2. The Bertz CT molecular complexity index is 326. The lowest BCUT2D eigenvalue weighted by Gasteiger charge is -2.13. The van der Waals surface area contributed by atoms with Crippen molar-refractivity contribution in [3.63, 3.8) is 0 Å². The number of rotatable bonds is 11. The Balaban J connectivity index is 3.75. The number of amides is 3. The molecule has 0 radical (unpaired) electrons. The van der Waals surface area contributed by atoms with Gasteiger partial charge in [-0.2, -0.15) is 11.8 Å². The summed E-state index contributed by atoms with van der Waals surface area (Å²) >= 11 is 1.81. The molecule has 0 aliphatic heterocycles. The molecule has 1 atom stereocenters. The molecule has 0 aliphatic rings. The average Bonchev–Trinajstić information content (AvgIpc) is 2.36. The molecule has 0 aromatic carbocycles. The molecule has 1 unspecified atom stereocenters. The number of nitrogens with two attached hydrogens (primary N) is 1. The van der Waals surface area contributed by atoms with Crippen LogP contribution in [0.25, 0.3) is 0 Å². The van der Waals surface area contributed by atoms with E-state index < -0.39 is 30.4 Å². The molecular weight excluding hydrogens is 282 g/mol. The van der Waals surface area contributed by atoms with Gasteiger partial charge in [-0.1, -0.05) is 12.8 Å². The van der Waals surface area contributed by atoms with Crippen molar-refractivity contribution in [2.75, 3.05) is 18.6 Å². The fourth-order valence-corrected chi connectivity index (χ4v) is 2.03. The van der Waals surface area contributed by atoms with E-state index in [9.17, 15) is 14.4 Å². The summed E-state index contributed by atoms with van der Waals surface area (Å²) in [6, 6.07) is -1.88. The summed E-state index contributed by atoms with van der Waals surface area (Å²) in [5, 5.41) is 13.6. The number of carboxylic acid groups (broad SMARTS) is 1. The molecule has 0 bridgehead atoms. The van der Waals surface area contributed by atoms with E-state index in [0.717, 1.165) is 31.4 Å². The van der Waals surface area contributed by atoms with Crippen LogP contribution >= 0.6 is 11.8 Å². The van der Waals surface area contributed by atoms with Crippen LogP contribution in [0.3, 0.4) is 0 Å². The van der Waals surface area contributed by atoms with Crippen LogP contribution < -0.4 is 16.4 Å². The summed E-state index contributed by atoms with van der Waals surface area (Å²) in [4.78, 5) is 32.9. The number of thioether (sulfide) groups is 1. The second-order valence-electron chi connectivity index (χ2n) is 4.37. The topological polar surface area (TPSA) is 122 Å². The number of primary amides is 1. The van der Waals surface area contributed by atoms with Crippen LogP contribution in [-0.2, 0) is 9.59 Å². The maximum atomic E-state index is 11.4. The molecule has 3 amide bonds. The van der Waals surface area contributed by atoms with Crippen LogP contribution in [0.15, 0.2) is 0 Å². The summed E-state index contributed by atoms with van der Waals surface area (Å²) in [5.74, 6) is -0.913. The molecule has 0 saturated heterocycles. The van der Waals surface area contributed by atoms with Gasteiger partial charge in [0.2, 0.25) is 5.91 Å². The molecule has 0 aromatic rings. The third-order valence-electron chi connectivity index (χ3n) is 2.57. The summed E-state index contributed by atoms with van der Waals surface area (Å²) in [7, 11) is 0. The predicted octanol–water partition coefficient (Wildman–Crippen LogP) is 0.538. The number of carbonyl (C=O) groups excluding carboxylic acids is 2. The van der Waals surface area contributed by atoms with Crippen molar-refractivity contribution in [2.24, 2.45) is 5.73 Å². The van der Waals surface area contributed by atoms with Crippen molar-refractivity contribution in [2.45, 2.75) is 38.1 Å². The smallest absolute Gasteiger partial charge is 0.326 e. The third kappa shape index (κ3) is 10.5. The van der Waals surface area contributed by atoms with Gasteiger partial charge in [0.15, 0.2) is 0 Å². The first kappa shape index (κ1) is 18.6. The van der Waals surface area contributed by atoms with Crippen molar-refractivity contribution in [1.82, 2.24) is 10.6 Å². The monoisotopic (exact) mass is 305 g/mol. The van der Waals surface area contributed by atoms with Crippen LogP contribution in [0.4, 0.5) is 4.79 Å². The van der Waals surface area contributed by atoms with Gasteiger partial charge in [0, 0.05) is 6.54 Å². The molecule has 0 heterocycles. The van der Waals surface area contributed by atoms with Gasteiger partial charge in [0.05, 0.1) is 6.42 Å². The van der Waals surface area contributed by atoms with Gasteiger partial charge < -0.3 is 21.5 Å². The Morgan fingerprint density at radius 3 is 2.40 bits per heavy atom. The summed E-state index contributed by atoms with van der Waals surface area (Å²) in [5.41, 5.74) is 4.91. The van der Waals surface area contributed by atoms with Gasteiger partial charge in [-0.25, -0.2) is 9.59 Å². The van der Waals surface area contributed by atoms with Gasteiger partial charge in [-0.05, 0) is 24.9 Å². The molecule has 20 heavy (non-hydrogen) atoms. The normalized spacial score (nSPS) is 11.7. The largest absolute Gasteiger partial charge is 0.480 e. The summed E-state index contributed by atoms with van der Waals surface area (Å²) in [6.45, 7) is 0.480. The summed E-state index contributed by atoms with van der Waals surface area (Å²) < 4.78 is 0. The first-order valence-corrected chi connectivity index (χ1v) is 7.91. The van der Waals surface area contributed by atoms with E-state index in [1.807, 2.05) is 11.8 Å². The number of aliphatic carboxylic acids is 1. The lowest BCUT2D eigenvalue weighted by Crippen LogP contribution is -2.47. The zero-order valence-electron chi connectivity index (χ0n) is 11.7. The minimum absolute atomic E-state index is 0.419. The van der Waals surface area contributed by atoms with Crippen LogP contribution in [0.5, 0.6) is 0 Å². The van der Waals surface area contributed by atoms with Crippen LogP contribution in [0.2, 0.25) is 0 Å². The zero-order valence-corrected chi connectivity index (χ0v) is 12.5. The van der Waals surface area contributed by atoms with Crippen LogP contribution in [-0.4, -0.2) is 47.6 Å². The second-order valence-corrected chi connectivity index (χ2v) is 5.35. The third-order valence-corrected chi connectivity index (χ3v) is 3.27. The number of hydrogen-bond donors (Lipinski definition) is 4. The van der Waals surface area contributed by atoms with Gasteiger partial charge >= 0.3 is 12.0 Å². The second kappa shape index (κ2) is 11.4. The fraction of sp³-hybridized carbons (Fsp3) is 0.750. The summed E-state index contributed by atoms with van der Waals surface area (Å²) in [6.07, 6.45) is 5.78.